The van der Waals surface area contributed by atoms with E-state index in [4.69, 9.17) is 4.74 Å². The van der Waals surface area contributed by atoms with E-state index < -0.39 is 15.7 Å². The van der Waals surface area contributed by atoms with E-state index in [-0.39, 0.29) is 21.2 Å². The number of hydrogen-bond donors (Lipinski definition) is 1. The van der Waals surface area contributed by atoms with Gasteiger partial charge in [0, 0.05) is 19.7 Å². The number of hydrogen-bond acceptors (Lipinski definition) is 5. The van der Waals surface area contributed by atoms with Gasteiger partial charge in [-0.3, -0.25) is 13.9 Å². The van der Waals surface area contributed by atoms with Crippen molar-refractivity contribution in [1.82, 2.24) is 9.13 Å². The van der Waals surface area contributed by atoms with Gasteiger partial charge in [0.2, 0.25) is 9.84 Å². The van der Waals surface area contributed by atoms with Crippen molar-refractivity contribution in [1.29, 1.82) is 0 Å². The van der Waals surface area contributed by atoms with Crippen molar-refractivity contribution in [2.45, 2.75) is 9.79 Å². The van der Waals surface area contributed by atoms with Crippen LogP contribution in [-0.4, -0.2) is 30.6 Å². The molecular formula is C23H21N3O5S. The fraction of sp³-hybridized carbons (Fsp3) is 0.130. The van der Waals surface area contributed by atoms with Gasteiger partial charge in [0.15, 0.2) is 0 Å². The Hall–Kier alpha value is -3.85. The average Bonchev–Trinajstić information content (AvgIpc) is 3.02. The molecule has 1 heterocycles. The SMILES string of the molecule is COc1cccc(C(=O)Nc2cc3c(cc2S(=O)(=O)c2ccccc2)n(C)c(=O)n3C)c1. The van der Waals surface area contributed by atoms with Crippen LogP contribution in [0.25, 0.3) is 11.0 Å². The molecule has 8 nitrogen and oxygen atoms in total. The van der Waals surface area contributed by atoms with E-state index in [1.807, 2.05) is 0 Å². The number of imidazole rings is 1. The molecule has 1 N–H and O–H groups in total. The standard InChI is InChI=1S/C23H21N3O5S/c1-25-19-13-18(24-22(27)15-8-7-9-16(12-15)31-3)21(14-20(19)26(2)23(25)28)32(29,30)17-10-5-4-6-11-17/h4-14H,1-3H3,(H,24,27). The van der Waals surface area contributed by atoms with Crippen LogP contribution in [0.1, 0.15) is 10.4 Å². The maximum atomic E-state index is 13.5. The molecule has 0 saturated carbocycles. The lowest BCUT2D eigenvalue weighted by Crippen LogP contribution is -2.19. The molecular weight excluding hydrogens is 430 g/mol. The van der Waals surface area contributed by atoms with E-state index in [9.17, 15) is 18.0 Å². The van der Waals surface area contributed by atoms with Crippen LogP contribution in [0, 0.1) is 0 Å². The zero-order valence-corrected chi connectivity index (χ0v) is 18.5. The van der Waals surface area contributed by atoms with Crippen molar-refractivity contribution in [2.24, 2.45) is 14.1 Å². The minimum atomic E-state index is -3.99. The van der Waals surface area contributed by atoms with Gasteiger partial charge in [-0.15, -0.1) is 0 Å². The minimum absolute atomic E-state index is 0.0790. The first kappa shape index (κ1) is 21.4. The van der Waals surface area contributed by atoms with Crippen LogP contribution in [-0.2, 0) is 23.9 Å². The normalized spacial score (nSPS) is 11.5. The molecule has 0 spiro atoms. The number of carbonyl (C=O) groups excluding carboxylic acids is 1. The lowest BCUT2D eigenvalue weighted by atomic mass is 10.2. The van der Waals surface area contributed by atoms with Crippen molar-refractivity contribution >= 4 is 32.5 Å². The highest BCUT2D eigenvalue weighted by Gasteiger charge is 2.25. The second-order valence-corrected chi connectivity index (χ2v) is 9.16. The van der Waals surface area contributed by atoms with Crippen LogP contribution in [0.3, 0.4) is 0 Å². The second kappa shape index (κ2) is 8.01. The smallest absolute Gasteiger partial charge is 0.328 e. The first-order valence-electron chi connectivity index (χ1n) is 9.69. The van der Waals surface area contributed by atoms with Gasteiger partial charge in [0.1, 0.15) is 5.75 Å². The molecule has 4 rings (SSSR count). The van der Waals surface area contributed by atoms with Crippen LogP contribution < -0.4 is 15.7 Å². The van der Waals surface area contributed by atoms with Gasteiger partial charge in [-0.2, -0.15) is 0 Å². The number of aryl methyl sites for hydroxylation is 2. The van der Waals surface area contributed by atoms with Gasteiger partial charge in [-0.05, 0) is 42.5 Å². The number of nitrogens with one attached hydrogen (secondary N) is 1. The van der Waals surface area contributed by atoms with Gasteiger partial charge < -0.3 is 10.1 Å². The van der Waals surface area contributed by atoms with Crippen molar-refractivity contribution in [2.75, 3.05) is 12.4 Å². The maximum absolute atomic E-state index is 13.5. The molecule has 0 atom stereocenters. The Labute approximate surface area is 184 Å². The van der Waals surface area contributed by atoms with Crippen LogP contribution in [0.15, 0.2) is 81.3 Å². The highest BCUT2D eigenvalue weighted by molar-refractivity contribution is 7.91. The zero-order valence-electron chi connectivity index (χ0n) is 17.7. The number of anilines is 1. The number of benzene rings is 3. The van der Waals surface area contributed by atoms with E-state index in [2.05, 4.69) is 5.32 Å². The van der Waals surface area contributed by atoms with E-state index in [1.54, 1.807) is 56.6 Å². The predicted octanol–water partition coefficient (Wildman–Crippen LogP) is 2.97. The van der Waals surface area contributed by atoms with Crippen LogP contribution in [0.4, 0.5) is 5.69 Å². The number of carbonyl (C=O) groups is 1. The van der Waals surface area contributed by atoms with E-state index in [0.717, 1.165) is 0 Å². The number of sulfone groups is 1. The van der Waals surface area contributed by atoms with Gasteiger partial charge in [-0.1, -0.05) is 24.3 Å². The van der Waals surface area contributed by atoms with E-state index in [1.165, 1.54) is 40.5 Å². The van der Waals surface area contributed by atoms with Gasteiger partial charge in [0.05, 0.1) is 33.6 Å². The topological polar surface area (TPSA) is 99.4 Å². The number of aromatic nitrogens is 2. The molecule has 3 aromatic carbocycles. The summed E-state index contributed by atoms with van der Waals surface area (Å²) in [6.45, 7) is 0. The molecule has 0 aliphatic heterocycles. The summed E-state index contributed by atoms with van der Waals surface area (Å²) in [7, 11) is 0.660. The molecule has 0 aliphatic rings. The first-order chi connectivity index (χ1) is 15.2. The summed E-state index contributed by atoms with van der Waals surface area (Å²) in [5.74, 6) is -0.00983. The van der Waals surface area contributed by atoms with Crippen molar-refractivity contribution in [3.8, 4) is 5.75 Å². The molecule has 0 radical (unpaired) electrons. The molecule has 4 aromatic rings. The lowest BCUT2D eigenvalue weighted by molar-refractivity contribution is 0.102. The molecule has 9 heteroatoms. The quantitative estimate of drug-likeness (QED) is 0.503. The molecule has 0 bridgehead atoms. The molecule has 0 aliphatic carbocycles. The third kappa shape index (κ3) is 3.56. The van der Waals surface area contributed by atoms with Crippen molar-refractivity contribution < 1.29 is 17.9 Å². The fourth-order valence-corrected chi connectivity index (χ4v) is 4.97. The Morgan fingerprint density at radius 3 is 2.22 bits per heavy atom. The first-order valence-corrected chi connectivity index (χ1v) is 11.2. The highest BCUT2D eigenvalue weighted by atomic mass is 32.2. The van der Waals surface area contributed by atoms with Crippen LogP contribution in [0.2, 0.25) is 0 Å². The minimum Gasteiger partial charge on any atom is -0.497 e. The number of fused-ring (bicyclic) bond motifs is 1. The predicted molar refractivity (Wildman–Crippen MR) is 121 cm³/mol. The second-order valence-electron chi connectivity index (χ2n) is 7.24. The van der Waals surface area contributed by atoms with Crippen molar-refractivity contribution in [3.63, 3.8) is 0 Å². The molecule has 0 fully saturated rings. The Kier molecular flexibility index (Phi) is 5.35. The van der Waals surface area contributed by atoms with Crippen LogP contribution in [0.5, 0.6) is 5.75 Å². The monoisotopic (exact) mass is 451 g/mol. The van der Waals surface area contributed by atoms with Gasteiger partial charge in [0.25, 0.3) is 5.91 Å². The summed E-state index contributed by atoms with van der Waals surface area (Å²) in [5.41, 5.74) is 1.00. The zero-order chi connectivity index (χ0) is 23.0. The highest BCUT2D eigenvalue weighted by Crippen LogP contribution is 2.32. The third-order valence-corrected chi connectivity index (χ3v) is 7.11. The summed E-state index contributed by atoms with van der Waals surface area (Å²) in [5, 5.41) is 2.70. The van der Waals surface area contributed by atoms with E-state index in [0.29, 0.717) is 22.3 Å². The Morgan fingerprint density at radius 1 is 0.906 bits per heavy atom. The summed E-state index contributed by atoms with van der Waals surface area (Å²) in [4.78, 5) is 25.4. The lowest BCUT2D eigenvalue weighted by Gasteiger charge is -2.14. The number of nitrogens with zero attached hydrogens (tertiary/aromatic N) is 2. The Bertz CT molecular complexity index is 1500. The van der Waals surface area contributed by atoms with Gasteiger partial charge >= 0.3 is 5.69 Å². The third-order valence-electron chi connectivity index (χ3n) is 5.30. The Morgan fingerprint density at radius 2 is 1.56 bits per heavy atom. The summed E-state index contributed by atoms with van der Waals surface area (Å²) in [6.07, 6.45) is 0. The summed E-state index contributed by atoms with van der Waals surface area (Å²) < 4.78 is 34.8. The molecule has 1 amide bonds. The van der Waals surface area contributed by atoms with Gasteiger partial charge in [-0.25, -0.2) is 13.2 Å². The van der Waals surface area contributed by atoms with Crippen LogP contribution >= 0.6 is 0 Å². The molecule has 0 saturated heterocycles. The van der Waals surface area contributed by atoms with E-state index >= 15 is 0 Å². The summed E-state index contributed by atoms with van der Waals surface area (Å²) >= 11 is 0. The molecule has 0 unspecified atom stereocenters. The fourth-order valence-electron chi connectivity index (χ4n) is 3.53. The number of ether oxygens (including phenoxy) is 1. The number of rotatable bonds is 5. The van der Waals surface area contributed by atoms with Crippen molar-refractivity contribution in [3.05, 3.63) is 82.8 Å². The maximum Gasteiger partial charge on any atom is 0.328 e. The molecule has 164 valence electrons. The average molecular weight is 452 g/mol. The Balaban J connectivity index is 1.92. The number of amides is 1. The number of methoxy groups -OCH3 is 1. The largest absolute Gasteiger partial charge is 0.497 e. The molecule has 32 heavy (non-hydrogen) atoms. The summed E-state index contributed by atoms with van der Waals surface area (Å²) in [6, 6.07) is 17.4. The molecule has 1 aromatic heterocycles.